The van der Waals surface area contributed by atoms with Gasteiger partial charge in [-0.05, 0) is 55.8 Å². The number of halogens is 1. The van der Waals surface area contributed by atoms with E-state index in [-0.39, 0.29) is 23.6 Å². The first kappa shape index (κ1) is 21.0. The van der Waals surface area contributed by atoms with Gasteiger partial charge < -0.3 is 9.47 Å². The smallest absolute Gasteiger partial charge is 0.239 e. The lowest BCUT2D eigenvalue weighted by Crippen LogP contribution is -2.46. The number of methoxy groups -OCH3 is 2. The molecule has 0 saturated carbocycles. The number of nitrogens with zero attached hydrogens (tertiary/aromatic N) is 2. The van der Waals surface area contributed by atoms with Gasteiger partial charge in [-0.3, -0.25) is 19.3 Å². The van der Waals surface area contributed by atoms with Crippen LogP contribution in [0.1, 0.15) is 23.2 Å². The van der Waals surface area contributed by atoms with Crippen molar-refractivity contribution in [3.05, 3.63) is 53.1 Å². The zero-order valence-electron chi connectivity index (χ0n) is 17.8. The van der Waals surface area contributed by atoms with E-state index in [9.17, 15) is 14.4 Å². The van der Waals surface area contributed by atoms with Crippen LogP contribution < -0.4 is 14.4 Å². The molecule has 3 aliphatic heterocycles. The number of hydrogen-bond acceptors (Lipinski definition) is 6. The third kappa shape index (κ3) is 3.03. The first-order valence-electron chi connectivity index (χ1n) is 10.6. The van der Waals surface area contributed by atoms with Crippen molar-refractivity contribution in [2.45, 2.75) is 24.9 Å². The Morgan fingerprint density at radius 2 is 1.72 bits per heavy atom. The molecule has 0 aliphatic carbocycles. The fraction of sp³-hybridized carbons (Fsp3) is 0.375. The quantitative estimate of drug-likeness (QED) is 0.510. The Morgan fingerprint density at radius 3 is 2.41 bits per heavy atom. The molecule has 4 unspecified atom stereocenters. The number of carbonyl (C=O) groups excluding carboxylic acids is 3. The first-order chi connectivity index (χ1) is 15.5. The van der Waals surface area contributed by atoms with Gasteiger partial charge in [-0.1, -0.05) is 11.6 Å². The minimum Gasteiger partial charge on any atom is -0.497 e. The van der Waals surface area contributed by atoms with Crippen molar-refractivity contribution in [2.24, 2.45) is 11.8 Å². The van der Waals surface area contributed by atoms with Crippen LogP contribution in [0.4, 0.5) is 5.69 Å². The van der Waals surface area contributed by atoms with Gasteiger partial charge in [-0.15, -0.1) is 0 Å². The van der Waals surface area contributed by atoms with Crippen molar-refractivity contribution in [3.8, 4) is 11.5 Å². The Morgan fingerprint density at radius 1 is 1.00 bits per heavy atom. The standard InChI is InChI=1S/C24H23ClN2O5/c1-31-15-9-10-18(32-2)17(12-15)27-23(29)19-16-4-3-11-26(16)21(20(19)24(27)30)22(28)13-5-7-14(25)8-6-13/h5-10,12,16,19-21H,3-4,11H2,1-2H3. The van der Waals surface area contributed by atoms with E-state index in [4.69, 9.17) is 21.1 Å². The zero-order chi connectivity index (χ0) is 22.6. The van der Waals surface area contributed by atoms with Crippen LogP contribution in [0.25, 0.3) is 0 Å². The number of imide groups is 1. The highest BCUT2D eigenvalue weighted by Gasteiger charge is 2.65. The van der Waals surface area contributed by atoms with Crippen molar-refractivity contribution >= 4 is 34.9 Å². The van der Waals surface area contributed by atoms with Gasteiger partial charge in [0.1, 0.15) is 11.5 Å². The van der Waals surface area contributed by atoms with Crippen molar-refractivity contribution in [1.82, 2.24) is 4.90 Å². The molecule has 0 radical (unpaired) electrons. The van der Waals surface area contributed by atoms with Crippen molar-refractivity contribution < 1.29 is 23.9 Å². The number of ether oxygens (including phenoxy) is 2. The highest BCUT2D eigenvalue weighted by molar-refractivity contribution is 6.30. The molecule has 8 heteroatoms. The minimum atomic E-state index is -0.730. The summed E-state index contributed by atoms with van der Waals surface area (Å²) in [5.41, 5.74) is 0.835. The van der Waals surface area contributed by atoms with Crippen LogP contribution in [0.3, 0.4) is 0 Å². The summed E-state index contributed by atoms with van der Waals surface area (Å²) in [6, 6.07) is 10.9. The second-order valence-electron chi connectivity index (χ2n) is 8.36. The predicted octanol–water partition coefficient (Wildman–Crippen LogP) is 3.19. The number of carbonyl (C=O) groups is 3. The number of anilines is 1. The van der Waals surface area contributed by atoms with E-state index in [2.05, 4.69) is 4.90 Å². The molecule has 32 heavy (non-hydrogen) atoms. The average molecular weight is 455 g/mol. The molecule has 3 aliphatic rings. The third-order valence-electron chi connectivity index (χ3n) is 6.88. The van der Waals surface area contributed by atoms with Crippen LogP contribution in [0.2, 0.25) is 5.02 Å². The average Bonchev–Trinajstić information content (AvgIpc) is 3.45. The van der Waals surface area contributed by atoms with E-state index in [1.165, 1.54) is 19.1 Å². The van der Waals surface area contributed by atoms with E-state index in [1.807, 2.05) is 0 Å². The lowest BCUT2D eigenvalue weighted by molar-refractivity contribution is -0.123. The summed E-state index contributed by atoms with van der Waals surface area (Å²) < 4.78 is 10.7. The zero-order valence-corrected chi connectivity index (χ0v) is 18.5. The number of Topliss-reactive ketones (excluding diaryl/α,β-unsaturated/α-hetero) is 1. The lowest BCUT2D eigenvalue weighted by Gasteiger charge is -2.28. The largest absolute Gasteiger partial charge is 0.497 e. The van der Waals surface area contributed by atoms with E-state index in [0.717, 1.165) is 12.8 Å². The monoisotopic (exact) mass is 454 g/mol. The molecule has 4 atom stereocenters. The van der Waals surface area contributed by atoms with Gasteiger partial charge in [-0.2, -0.15) is 0 Å². The van der Waals surface area contributed by atoms with E-state index < -0.39 is 17.9 Å². The van der Waals surface area contributed by atoms with E-state index in [0.29, 0.717) is 34.3 Å². The molecule has 0 spiro atoms. The van der Waals surface area contributed by atoms with Crippen LogP contribution >= 0.6 is 11.6 Å². The van der Waals surface area contributed by atoms with Gasteiger partial charge in [0.05, 0.1) is 37.8 Å². The van der Waals surface area contributed by atoms with Crippen LogP contribution in [0, 0.1) is 11.8 Å². The highest BCUT2D eigenvalue weighted by Crippen LogP contribution is 2.50. The molecular formula is C24H23ClN2O5. The Labute approximate surface area is 190 Å². The molecule has 7 nitrogen and oxygen atoms in total. The molecule has 0 aromatic heterocycles. The van der Waals surface area contributed by atoms with Crippen LogP contribution in [0.15, 0.2) is 42.5 Å². The molecular weight excluding hydrogens is 432 g/mol. The molecule has 2 aromatic carbocycles. The number of amides is 2. The maximum atomic E-state index is 13.7. The molecule has 3 saturated heterocycles. The number of rotatable bonds is 5. The summed E-state index contributed by atoms with van der Waals surface area (Å²) >= 11 is 5.99. The molecule has 0 bridgehead atoms. The number of fused-ring (bicyclic) bond motifs is 3. The maximum absolute atomic E-state index is 13.7. The van der Waals surface area contributed by atoms with Crippen molar-refractivity contribution in [3.63, 3.8) is 0 Å². The van der Waals surface area contributed by atoms with E-state index >= 15 is 0 Å². The second-order valence-corrected chi connectivity index (χ2v) is 8.80. The Balaban J connectivity index is 1.57. The lowest BCUT2D eigenvalue weighted by atomic mass is 9.85. The van der Waals surface area contributed by atoms with Gasteiger partial charge in [0, 0.05) is 22.7 Å². The molecule has 3 fully saturated rings. The number of benzene rings is 2. The topological polar surface area (TPSA) is 76.1 Å². The summed E-state index contributed by atoms with van der Waals surface area (Å²) in [5, 5.41) is 0.535. The van der Waals surface area contributed by atoms with Gasteiger partial charge >= 0.3 is 0 Å². The molecule has 0 N–H and O–H groups in total. The Bertz CT molecular complexity index is 1100. The molecule has 166 valence electrons. The summed E-state index contributed by atoms with van der Waals surface area (Å²) in [4.78, 5) is 44.1. The Hall–Kier alpha value is -2.90. The Kier molecular flexibility index (Phi) is 5.18. The van der Waals surface area contributed by atoms with Crippen molar-refractivity contribution in [1.29, 1.82) is 0 Å². The molecule has 3 heterocycles. The van der Waals surface area contributed by atoms with Crippen LogP contribution in [0.5, 0.6) is 11.5 Å². The van der Waals surface area contributed by atoms with Crippen LogP contribution in [-0.2, 0) is 9.59 Å². The van der Waals surface area contributed by atoms with Crippen LogP contribution in [-0.4, -0.2) is 55.3 Å². The van der Waals surface area contributed by atoms with Gasteiger partial charge in [0.2, 0.25) is 11.8 Å². The van der Waals surface area contributed by atoms with Gasteiger partial charge in [0.25, 0.3) is 0 Å². The first-order valence-corrected chi connectivity index (χ1v) is 11.0. The highest BCUT2D eigenvalue weighted by atomic mass is 35.5. The number of hydrogen-bond donors (Lipinski definition) is 0. The summed E-state index contributed by atoms with van der Waals surface area (Å²) in [6.45, 7) is 0.699. The molecule has 2 aromatic rings. The maximum Gasteiger partial charge on any atom is 0.239 e. The number of ketones is 1. The van der Waals surface area contributed by atoms with E-state index in [1.54, 1.807) is 42.5 Å². The SMILES string of the molecule is COc1ccc(OC)c(N2C(=O)C3C(C2=O)C(C(=O)c2ccc(Cl)cc2)N2CCCC32)c1. The summed E-state index contributed by atoms with van der Waals surface area (Å²) in [7, 11) is 3.01. The normalized spacial score (nSPS) is 26.9. The van der Waals surface area contributed by atoms with Gasteiger partial charge in [0.15, 0.2) is 5.78 Å². The predicted molar refractivity (Wildman–Crippen MR) is 118 cm³/mol. The molecule has 5 rings (SSSR count). The molecule has 2 amide bonds. The summed E-state index contributed by atoms with van der Waals surface area (Å²) in [5.74, 6) is -1.18. The summed E-state index contributed by atoms with van der Waals surface area (Å²) in [6.07, 6.45) is 1.68. The van der Waals surface area contributed by atoms with Gasteiger partial charge in [-0.25, -0.2) is 4.90 Å². The third-order valence-corrected chi connectivity index (χ3v) is 7.13. The second kappa shape index (κ2) is 7.90. The fourth-order valence-corrected chi connectivity index (χ4v) is 5.64. The fourth-order valence-electron chi connectivity index (χ4n) is 5.51. The van der Waals surface area contributed by atoms with Crippen molar-refractivity contribution in [2.75, 3.05) is 25.7 Å². The minimum absolute atomic E-state index is 0.126.